The zero-order valence-corrected chi connectivity index (χ0v) is 25.5. The molecule has 0 N–H and O–H groups in total. The standard InChI is InChI=1S/C28H47N5O10/c1-25(34)24-43-20-19-42-18-17-41-16-15-40-14-13-39-12-11-38-10-9-37-8-7-36-6-5-35-4-3-33-23-28(31-32-33)27-21-29-26(2)30-22-27/h21-23H,3-20,24H2,1-2H3. The number of ether oxygens (including phenoxy) is 9. The third kappa shape index (κ3) is 21.0. The highest BCUT2D eigenvalue weighted by atomic mass is 16.6. The summed E-state index contributed by atoms with van der Waals surface area (Å²) in [6.45, 7) is 12.3. The van der Waals surface area contributed by atoms with Gasteiger partial charge < -0.3 is 42.6 Å². The van der Waals surface area contributed by atoms with Crippen LogP contribution >= 0.6 is 0 Å². The quantitative estimate of drug-likeness (QED) is 0.114. The number of ketones is 1. The second-order valence-corrected chi connectivity index (χ2v) is 9.04. The Morgan fingerprint density at radius 2 is 0.977 bits per heavy atom. The summed E-state index contributed by atoms with van der Waals surface area (Å²) in [5.74, 6) is 0.720. The average molecular weight is 614 g/mol. The van der Waals surface area contributed by atoms with Crippen molar-refractivity contribution < 1.29 is 47.4 Å². The third-order valence-electron chi connectivity index (χ3n) is 5.36. The Bertz CT molecular complexity index is 935. The second kappa shape index (κ2) is 26.0. The van der Waals surface area contributed by atoms with E-state index in [4.69, 9.17) is 42.6 Å². The van der Waals surface area contributed by atoms with E-state index in [1.54, 1.807) is 17.1 Å². The maximum atomic E-state index is 10.7. The van der Waals surface area contributed by atoms with Gasteiger partial charge in [-0.05, 0) is 13.8 Å². The Morgan fingerprint density at radius 3 is 1.37 bits per heavy atom. The largest absolute Gasteiger partial charge is 0.377 e. The number of hydrogen-bond donors (Lipinski definition) is 0. The highest BCUT2D eigenvalue weighted by molar-refractivity contribution is 5.76. The molecule has 15 nitrogen and oxygen atoms in total. The van der Waals surface area contributed by atoms with Gasteiger partial charge in [0.15, 0.2) is 5.78 Å². The minimum absolute atomic E-state index is 0.00327. The number of rotatable bonds is 30. The van der Waals surface area contributed by atoms with Gasteiger partial charge in [-0.1, -0.05) is 5.21 Å². The fraction of sp³-hybridized carbons (Fsp3) is 0.750. The monoisotopic (exact) mass is 613 g/mol. The van der Waals surface area contributed by atoms with Crippen molar-refractivity contribution in [3.05, 3.63) is 24.4 Å². The van der Waals surface area contributed by atoms with Crippen LogP contribution in [0, 0.1) is 6.92 Å². The first-order valence-electron chi connectivity index (χ1n) is 14.5. The van der Waals surface area contributed by atoms with Crippen LogP contribution in [0.4, 0.5) is 0 Å². The topological polar surface area (TPSA) is 157 Å². The summed E-state index contributed by atoms with van der Waals surface area (Å²) in [6.07, 6.45) is 5.31. The average Bonchev–Trinajstić information content (AvgIpc) is 3.47. The van der Waals surface area contributed by atoms with Gasteiger partial charge in [-0.15, -0.1) is 5.10 Å². The lowest BCUT2D eigenvalue weighted by atomic mass is 10.3. The Kier molecular flexibility index (Phi) is 22.2. The summed E-state index contributed by atoms with van der Waals surface area (Å²) in [6, 6.07) is 0. The van der Waals surface area contributed by atoms with Gasteiger partial charge >= 0.3 is 0 Å². The predicted molar refractivity (Wildman–Crippen MR) is 154 cm³/mol. The molecule has 0 fully saturated rings. The molecule has 0 saturated heterocycles. The van der Waals surface area contributed by atoms with Crippen LogP contribution < -0.4 is 0 Å². The number of carbonyl (C=O) groups is 1. The van der Waals surface area contributed by atoms with Crippen molar-refractivity contribution in [2.75, 3.05) is 119 Å². The molecule has 15 heteroatoms. The number of carbonyl (C=O) groups excluding carboxylic acids is 1. The van der Waals surface area contributed by atoms with Crippen LogP contribution in [0.3, 0.4) is 0 Å². The van der Waals surface area contributed by atoms with Crippen molar-refractivity contribution in [1.82, 2.24) is 25.0 Å². The van der Waals surface area contributed by atoms with Gasteiger partial charge in [0.05, 0.1) is 125 Å². The van der Waals surface area contributed by atoms with E-state index >= 15 is 0 Å². The first-order valence-corrected chi connectivity index (χ1v) is 14.5. The van der Waals surface area contributed by atoms with Crippen molar-refractivity contribution in [3.8, 4) is 11.3 Å². The molecule has 0 atom stereocenters. The van der Waals surface area contributed by atoms with Crippen molar-refractivity contribution in [3.63, 3.8) is 0 Å². The van der Waals surface area contributed by atoms with Gasteiger partial charge in [-0.3, -0.25) is 4.79 Å². The molecule has 0 unspecified atom stereocenters. The molecule has 0 aliphatic rings. The molecule has 0 spiro atoms. The minimum atomic E-state index is 0.00327. The van der Waals surface area contributed by atoms with Crippen LogP contribution in [0.15, 0.2) is 18.6 Å². The lowest BCUT2D eigenvalue weighted by Gasteiger charge is -2.09. The van der Waals surface area contributed by atoms with Crippen LogP contribution in [0.25, 0.3) is 11.3 Å². The molecular weight excluding hydrogens is 566 g/mol. The molecule has 43 heavy (non-hydrogen) atoms. The van der Waals surface area contributed by atoms with Crippen molar-refractivity contribution >= 4 is 5.78 Å². The fourth-order valence-electron chi connectivity index (χ4n) is 3.20. The summed E-state index contributed by atoms with van der Waals surface area (Å²) < 4.78 is 50.5. The van der Waals surface area contributed by atoms with Gasteiger partial charge in [0.2, 0.25) is 0 Å². The maximum Gasteiger partial charge on any atom is 0.155 e. The molecule has 0 bridgehead atoms. The van der Waals surface area contributed by atoms with Crippen LogP contribution in [0.2, 0.25) is 0 Å². The molecule has 2 aromatic heterocycles. The van der Waals surface area contributed by atoms with Gasteiger partial charge in [0.25, 0.3) is 0 Å². The van der Waals surface area contributed by atoms with E-state index in [0.29, 0.717) is 125 Å². The molecule has 0 aromatic carbocycles. The van der Waals surface area contributed by atoms with Crippen LogP contribution in [0.5, 0.6) is 0 Å². The van der Waals surface area contributed by atoms with Crippen molar-refractivity contribution in [2.24, 2.45) is 0 Å². The summed E-state index contributed by atoms with van der Waals surface area (Å²) >= 11 is 0. The minimum Gasteiger partial charge on any atom is -0.377 e. The normalized spacial score (nSPS) is 11.4. The van der Waals surface area contributed by atoms with Crippen LogP contribution in [0.1, 0.15) is 12.7 Å². The molecule has 2 rings (SSSR count). The molecule has 0 aliphatic carbocycles. The lowest BCUT2D eigenvalue weighted by Crippen LogP contribution is -2.15. The Morgan fingerprint density at radius 1 is 0.605 bits per heavy atom. The highest BCUT2D eigenvalue weighted by Crippen LogP contribution is 2.13. The molecular formula is C28H47N5O10. The van der Waals surface area contributed by atoms with E-state index in [2.05, 4.69) is 20.3 Å². The van der Waals surface area contributed by atoms with Gasteiger partial charge in [-0.2, -0.15) is 0 Å². The molecule has 0 aliphatic heterocycles. The molecule has 244 valence electrons. The number of Topliss-reactive ketones (excluding diaryl/α,β-unsaturated/α-hetero) is 1. The molecule has 2 heterocycles. The summed E-state index contributed by atoms with van der Waals surface area (Å²) in [5.41, 5.74) is 1.56. The smallest absolute Gasteiger partial charge is 0.155 e. The van der Waals surface area contributed by atoms with Gasteiger partial charge in [0.1, 0.15) is 18.1 Å². The fourth-order valence-corrected chi connectivity index (χ4v) is 3.20. The summed E-state index contributed by atoms with van der Waals surface area (Å²) in [7, 11) is 0. The Labute approximate surface area is 253 Å². The van der Waals surface area contributed by atoms with Gasteiger partial charge in [-0.25, -0.2) is 14.6 Å². The summed E-state index contributed by atoms with van der Waals surface area (Å²) in [5, 5.41) is 8.24. The molecule has 0 amide bonds. The third-order valence-corrected chi connectivity index (χ3v) is 5.36. The van der Waals surface area contributed by atoms with E-state index in [0.717, 1.165) is 11.3 Å². The first-order chi connectivity index (χ1) is 21.1. The van der Waals surface area contributed by atoms with E-state index in [1.807, 2.05) is 13.1 Å². The number of aromatic nitrogens is 5. The second-order valence-electron chi connectivity index (χ2n) is 9.04. The number of nitrogens with zero attached hydrogens (tertiary/aromatic N) is 5. The SMILES string of the molecule is CC(=O)COCCOCCOCCOCCOCCOCCOCCOCCOCCn1cc(-c2cnc(C)nc2)nn1. The highest BCUT2D eigenvalue weighted by Gasteiger charge is 2.05. The first kappa shape index (κ1) is 36.7. The van der Waals surface area contributed by atoms with E-state index in [9.17, 15) is 4.79 Å². The number of aryl methyl sites for hydroxylation is 1. The van der Waals surface area contributed by atoms with Gasteiger partial charge in [0, 0.05) is 18.0 Å². The Balaban J connectivity index is 1.21. The molecule has 0 radical (unpaired) electrons. The summed E-state index contributed by atoms with van der Waals surface area (Å²) in [4.78, 5) is 19.1. The Hall–Kier alpha value is -2.47. The lowest BCUT2D eigenvalue weighted by molar-refractivity contribution is -0.122. The molecule has 0 saturated carbocycles. The maximum absolute atomic E-state index is 10.7. The predicted octanol–water partition coefficient (Wildman–Crippen LogP) is 0.782. The van der Waals surface area contributed by atoms with Crippen molar-refractivity contribution in [2.45, 2.75) is 20.4 Å². The zero-order valence-electron chi connectivity index (χ0n) is 25.5. The molecule has 2 aromatic rings. The van der Waals surface area contributed by atoms with Crippen LogP contribution in [-0.2, 0) is 54.0 Å². The van der Waals surface area contributed by atoms with Crippen LogP contribution in [-0.4, -0.2) is 150 Å². The zero-order chi connectivity index (χ0) is 30.6. The van der Waals surface area contributed by atoms with Crippen molar-refractivity contribution in [1.29, 1.82) is 0 Å². The van der Waals surface area contributed by atoms with E-state index in [1.165, 1.54) is 6.92 Å². The number of hydrogen-bond acceptors (Lipinski definition) is 14. The van der Waals surface area contributed by atoms with E-state index in [-0.39, 0.29) is 12.4 Å². The van der Waals surface area contributed by atoms with E-state index < -0.39 is 0 Å².